The lowest BCUT2D eigenvalue weighted by Gasteiger charge is -2.12. The maximum absolute atomic E-state index is 13.2. The van der Waals surface area contributed by atoms with Crippen molar-refractivity contribution in [1.29, 1.82) is 0 Å². The number of esters is 1. The summed E-state index contributed by atoms with van der Waals surface area (Å²) < 4.78 is 58.9. The zero-order valence-electron chi connectivity index (χ0n) is 23.7. The number of nitrogens with one attached hydrogen (secondary N) is 2. The van der Waals surface area contributed by atoms with Gasteiger partial charge in [0.05, 0.1) is 38.6 Å². The number of thiazole rings is 1. The minimum absolute atomic E-state index is 0.0335. The topological polar surface area (TPSA) is 129 Å². The lowest BCUT2D eigenvalue weighted by atomic mass is 10.1. The molecule has 0 bridgehead atoms. The molecule has 15 heteroatoms. The van der Waals surface area contributed by atoms with Gasteiger partial charge in [-0.1, -0.05) is 0 Å². The van der Waals surface area contributed by atoms with Gasteiger partial charge in [-0.15, -0.1) is 24.5 Å². The first-order valence-corrected chi connectivity index (χ1v) is 13.9. The molecule has 3 rings (SSSR count). The van der Waals surface area contributed by atoms with Gasteiger partial charge in [-0.05, 0) is 61.9 Å². The Balaban J connectivity index is 1.80. The van der Waals surface area contributed by atoms with Crippen LogP contribution in [-0.4, -0.2) is 69.2 Å². The van der Waals surface area contributed by atoms with E-state index in [1.807, 2.05) is 0 Å². The fourth-order valence-electron chi connectivity index (χ4n) is 3.82. The molecular weight excluding hydrogens is 593 g/mol. The van der Waals surface area contributed by atoms with Gasteiger partial charge < -0.3 is 34.1 Å². The standard InChI is InChI=1S/C28H31F3N4O7S/c1-4-41-25(37)16-33-24(36)15-32-12-5-13-35-22(18-6-8-19(9-7-18)42-28(29,30)31)17-43-27(35)34-26(38)21-11-10-20(39-2)14-23(21)40-3/h6-11,14,17,32H,4-5,12-13,15-16H2,1-3H3,(H,33,36). The number of carbonyl (C=O) groups is 3. The largest absolute Gasteiger partial charge is 0.573 e. The molecule has 11 nitrogen and oxygen atoms in total. The Labute approximate surface area is 249 Å². The molecule has 43 heavy (non-hydrogen) atoms. The van der Waals surface area contributed by atoms with Crippen molar-refractivity contribution in [2.75, 3.05) is 40.5 Å². The predicted octanol–water partition coefficient (Wildman–Crippen LogP) is 3.53. The molecule has 0 atom stereocenters. The van der Waals surface area contributed by atoms with Crippen LogP contribution in [-0.2, 0) is 20.9 Å². The highest BCUT2D eigenvalue weighted by molar-refractivity contribution is 7.07. The highest BCUT2D eigenvalue weighted by atomic mass is 32.1. The Bertz CT molecular complexity index is 1470. The van der Waals surface area contributed by atoms with Crippen molar-refractivity contribution in [3.8, 4) is 28.5 Å². The van der Waals surface area contributed by atoms with Crippen LogP contribution in [0.15, 0.2) is 52.8 Å². The quantitative estimate of drug-likeness (QED) is 0.206. The van der Waals surface area contributed by atoms with Crippen LogP contribution >= 0.6 is 11.3 Å². The van der Waals surface area contributed by atoms with Crippen molar-refractivity contribution in [2.45, 2.75) is 26.3 Å². The lowest BCUT2D eigenvalue weighted by Crippen LogP contribution is -2.37. The van der Waals surface area contributed by atoms with E-state index in [0.29, 0.717) is 41.3 Å². The Morgan fingerprint density at radius 2 is 1.72 bits per heavy atom. The van der Waals surface area contributed by atoms with E-state index in [4.69, 9.17) is 14.2 Å². The van der Waals surface area contributed by atoms with E-state index in [-0.39, 0.29) is 42.7 Å². The van der Waals surface area contributed by atoms with Crippen molar-refractivity contribution in [1.82, 2.24) is 15.2 Å². The molecule has 0 radical (unpaired) electrons. The van der Waals surface area contributed by atoms with Crippen LogP contribution in [0.3, 0.4) is 0 Å². The molecule has 0 fully saturated rings. The van der Waals surface area contributed by atoms with E-state index in [2.05, 4.69) is 20.4 Å². The van der Waals surface area contributed by atoms with Crippen molar-refractivity contribution in [3.05, 3.63) is 58.2 Å². The highest BCUT2D eigenvalue weighted by Crippen LogP contribution is 2.28. The van der Waals surface area contributed by atoms with E-state index in [9.17, 15) is 27.6 Å². The molecule has 0 aliphatic heterocycles. The van der Waals surface area contributed by atoms with Crippen molar-refractivity contribution < 1.29 is 46.5 Å². The monoisotopic (exact) mass is 624 g/mol. The molecule has 0 spiro atoms. The molecule has 0 saturated heterocycles. The average molecular weight is 625 g/mol. The molecular formula is C28H31F3N4O7S. The van der Waals surface area contributed by atoms with Gasteiger partial charge in [0.1, 0.15) is 23.8 Å². The fourth-order valence-corrected chi connectivity index (χ4v) is 4.76. The summed E-state index contributed by atoms with van der Waals surface area (Å²) >= 11 is 1.18. The number of benzene rings is 2. The Kier molecular flexibility index (Phi) is 12.1. The van der Waals surface area contributed by atoms with Gasteiger partial charge in [0, 0.05) is 18.0 Å². The van der Waals surface area contributed by atoms with E-state index < -0.39 is 18.2 Å². The molecule has 0 saturated carbocycles. The molecule has 2 amide bonds. The molecule has 2 N–H and O–H groups in total. The second-order valence-corrected chi connectivity index (χ2v) is 9.56. The normalized spacial score (nSPS) is 11.6. The molecule has 2 aromatic carbocycles. The molecule has 3 aromatic rings. The summed E-state index contributed by atoms with van der Waals surface area (Å²) in [6.45, 7) is 2.37. The van der Waals surface area contributed by atoms with Crippen LogP contribution < -0.4 is 29.6 Å². The number of amides is 2. The number of alkyl halides is 3. The first-order chi connectivity index (χ1) is 20.5. The lowest BCUT2D eigenvalue weighted by molar-refractivity contribution is -0.274. The number of methoxy groups -OCH3 is 2. The maximum atomic E-state index is 13.2. The molecule has 1 aromatic heterocycles. The van der Waals surface area contributed by atoms with Crippen LogP contribution in [0.2, 0.25) is 0 Å². The van der Waals surface area contributed by atoms with E-state index in [1.54, 1.807) is 35.1 Å². The molecule has 1 heterocycles. The highest BCUT2D eigenvalue weighted by Gasteiger charge is 2.31. The Hall–Kier alpha value is -4.37. The summed E-state index contributed by atoms with van der Waals surface area (Å²) in [4.78, 5) is 41.2. The summed E-state index contributed by atoms with van der Waals surface area (Å²) in [6, 6.07) is 10.1. The summed E-state index contributed by atoms with van der Waals surface area (Å²) in [5, 5.41) is 7.18. The fraction of sp³-hybridized carbons (Fsp3) is 0.357. The van der Waals surface area contributed by atoms with E-state index in [0.717, 1.165) is 0 Å². The van der Waals surface area contributed by atoms with Crippen molar-refractivity contribution >= 4 is 29.1 Å². The second kappa shape index (κ2) is 15.7. The number of rotatable bonds is 14. The van der Waals surface area contributed by atoms with Gasteiger partial charge in [-0.2, -0.15) is 4.99 Å². The van der Waals surface area contributed by atoms with Crippen LogP contribution in [0.1, 0.15) is 23.7 Å². The first-order valence-electron chi connectivity index (χ1n) is 13.0. The molecule has 232 valence electrons. The number of halogens is 3. The van der Waals surface area contributed by atoms with Gasteiger partial charge in [0.25, 0.3) is 5.91 Å². The predicted molar refractivity (Wildman–Crippen MR) is 151 cm³/mol. The average Bonchev–Trinajstić information content (AvgIpc) is 3.37. The van der Waals surface area contributed by atoms with Crippen molar-refractivity contribution in [3.63, 3.8) is 0 Å². The summed E-state index contributed by atoms with van der Waals surface area (Å²) in [5.74, 6) is -1.06. The number of hydrogen-bond acceptors (Lipinski definition) is 9. The van der Waals surface area contributed by atoms with E-state index >= 15 is 0 Å². The number of nitrogens with zero attached hydrogens (tertiary/aromatic N) is 2. The zero-order chi connectivity index (χ0) is 31.4. The third-order valence-corrected chi connectivity index (χ3v) is 6.64. The van der Waals surface area contributed by atoms with Gasteiger partial charge in [-0.25, -0.2) is 0 Å². The Morgan fingerprint density at radius 3 is 2.37 bits per heavy atom. The SMILES string of the molecule is CCOC(=O)CNC(=O)CNCCCn1c(-c2ccc(OC(F)(F)F)cc2)csc1=NC(=O)c1ccc(OC)cc1OC. The van der Waals surface area contributed by atoms with Crippen molar-refractivity contribution in [2.24, 2.45) is 4.99 Å². The minimum Gasteiger partial charge on any atom is -0.497 e. The second-order valence-electron chi connectivity index (χ2n) is 8.72. The maximum Gasteiger partial charge on any atom is 0.573 e. The van der Waals surface area contributed by atoms with Gasteiger partial charge in [0.15, 0.2) is 4.80 Å². The summed E-state index contributed by atoms with van der Waals surface area (Å²) in [5.41, 5.74) is 1.41. The third-order valence-electron chi connectivity index (χ3n) is 5.77. The van der Waals surface area contributed by atoms with Crippen LogP contribution in [0.5, 0.6) is 17.2 Å². The van der Waals surface area contributed by atoms with E-state index in [1.165, 1.54) is 49.8 Å². The molecule has 0 aliphatic rings. The number of carbonyl (C=O) groups excluding carboxylic acids is 3. The van der Waals surface area contributed by atoms with Crippen LogP contribution in [0.4, 0.5) is 13.2 Å². The number of ether oxygens (including phenoxy) is 4. The summed E-state index contributed by atoms with van der Waals surface area (Å²) in [7, 11) is 2.91. The van der Waals surface area contributed by atoms with Gasteiger partial charge in [-0.3, -0.25) is 14.4 Å². The summed E-state index contributed by atoms with van der Waals surface area (Å²) in [6.07, 6.45) is -4.32. The first kappa shape index (κ1) is 33.1. The Morgan fingerprint density at radius 1 is 1.00 bits per heavy atom. The molecule has 0 aliphatic carbocycles. The smallest absolute Gasteiger partial charge is 0.497 e. The van der Waals surface area contributed by atoms with Crippen LogP contribution in [0.25, 0.3) is 11.3 Å². The number of aromatic nitrogens is 1. The third kappa shape index (κ3) is 10.1. The zero-order valence-corrected chi connectivity index (χ0v) is 24.5. The number of hydrogen-bond donors (Lipinski definition) is 2. The van der Waals surface area contributed by atoms with Crippen LogP contribution in [0, 0.1) is 0 Å². The minimum atomic E-state index is -4.82. The van der Waals surface area contributed by atoms with Gasteiger partial charge >= 0.3 is 12.3 Å². The van der Waals surface area contributed by atoms with Gasteiger partial charge in [0.2, 0.25) is 5.91 Å². The molecule has 0 unspecified atom stereocenters.